The molecule has 2 bridgehead atoms. The zero-order valence-corrected chi connectivity index (χ0v) is 25.7. The van der Waals surface area contributed by atoms with Gasteiger partial charge in [-0.15, -0.1) is 0 Å². The van der Waals surface area contributed by atoms with Gasteiger partial charge < -0.3 is 34.3 Å². The number of hydrogen-bond acceptors (Lipinski definition) is 9. The highest BCUT2D eigenvalue weighted by molar-refractivity contribution is 5.82. The fourth-order valence-corrected chi connectivity index (χ4v) is 5.86. The Bertz CT molecular complexity index is 1150. The van der Waals surface area contributed by atoms with E-state index in [1.807, 2.05) is 44.2 Å². The molecule has 10 atom stereocenters. The van der Waals surface area contributed by atoms with Gasteiger partial charge in [-0.05, 0) is 42.2 Å². The topological polar surface area (TPSA) is 149 Å². The van der Waals surface area contributed by atoms with Gasteiger partial charge in [0.05, 0.1) is 0 Å². The molecule has 43 heavy (non-hydrogen) atoms. The van der Waals surface area contributed by atoms with Crippen molar-refractivity contribution < 1.29 is 48.7 Å². The van der Waals surface area contributed by atoms with Gasteiger partial charge in [0.2, 0.25) is 0 Å². The number of aliphatic carboxylic acids is 1. The van der Waals surface area contributed by atoms with Crippen molar-refractivity contribution in [3.8, 4) is 0 Å². The molecule has 2 fully saturated rings. The van der Waals surface area contributed by atoms with Crippen LogP contribution in [0.15, 0.2) is 54.6 Å². The lowest BCUT2D eigenvalue weighted by molar-refractivity contribution is -0.332. The number of ether oxygens (including phenoxy) is 4. The van der Waals surface area contributed by atoms with Crippen molar-refractivity contribution in [2.24, 2.45) is 17.8 Å². The van der Waals surface area contributed by atoms with E-state index in [1.165, 1.54) is 13.0 Å². The molecular formula is C33H46O10. The molecule has 0 unspecified atom stereocenters. The minimum atomic E-state index is -1.90. The number of rotatable bonds is 15. The highest BCUT2D eigenvalue weighted by atomic mass is 16.8. The van der Waals surface area contributed by atoms with Crippen LogP contribution in [0.4, 0.5) is 0 Å². The number of aliphatic hydroxyl groups excluding tert-OH is 2. The molecule has 0 amide bonds. The van der Waals surface area contributed by atoms with Gasteiger partial charge in [0, 0.05) is 25.3 Å². The number of esters is 2. The Hall–Kier alpha value is -3.05. The Kier molecular flexibility index (Phi) is 12.1. The maximum absolute atomic E-state index is 12.7. The second kappa shape index (κ2) is 15.1. The van der Waals surface area contributed by atoms with Crippen LogP contribution in [0, 0.1) is 17.8 Å². The van der Waals surface area contributed by atoms with Gasteiger partial charge in [-0.1, -0.05) is 77.1 Å². The van der Waals surface area contributed by atoms with E-state index < -0.39 is 60.3 Å². The van der Waals surface area contributed by atoms with Crippen LogP contribution in [0.25, 0.3) is 0 Å². The quantitative estimate of drug-likeness (QED) is 0.153. The molecular weight excluding hydrogens is 556 g/mol. The van der Waals surface area contributed by atoms with Gasteiger partial charge in [-0.2, -0.15) is 0 Å². The molecule has 1 aromatic rings. The largest absolute Gasteiger partial charge is 0.479 e. The van der Waals surface area contributed by atoms with E-state index in [1.54, 1.807) is 6.08 Å². The summed E-state index contributed by atoms with van der Waals surface area (Å²) < 4.78 is 22.8. The lowest BCUT2D eigenvalue weighted by Gasteiger charge is -2.40. The molecule has 2 aliphatic heterocycles. The molecule has 3 N–H and O–H groups in total. The van der Waals surface area contributed by atoms with E-state index in [4.69, 9.17) is 18.9 Å². The van der Waals surface area contributed by atoms with Crippen molar-refractivity contribution in [1.29, 1.82) is 0 Å². The number of fused-ring (bicyclic) bond motifs is 2. The number of aliphatic hydroxyl groups is 2. The van der Waals surface area contributed by atoms with Gasteiger partial charge in [-0.3, -0.25) is 4.79 Å². The van der Waals surface area contributed by atoms with Crippen LogP contribution in [0.5, 0.6) is 0 Å². The molecule has 10 heteroatoms. The van der Waals surface area contributed by atoms with Gasteiger partial charge in [0.1, 0.15) is 24.4 Å². The van der Waals surface area contributed by atoms with E-state index in [0.717, 1.165) is 18.4 Å². The highest BCUT2D eigenvalue weighted by Gasteiger charge is 2.66. The zero-order chi connectivity index (χ0) is 31.9. The van der Waals surface area contributed by atoms with Crippen molar-refractivity contribution in [2.75, 3.05) is 0 Å². The second-order valence-corrected chi connectivity index (χ2v) is 12.0. The molecule has 0 saturated carbocycles. The monoisotopic (exact) mass is 602 g/mol. The Morgan fingerprint density at radius 3 is 2.40 bits per heavy atom. The van der Waals surface area contributed by atoms with E-state index in [9.17, 15) is 29.7 Å². The van der Waals surface area contributed by atoms with Gasteiger partial charge >= 0.3 is 17.9 Å². The molecule has 2 aliphatic rings. The van der Waals surface area contributed by atoms with Crippen molar-refractivity contribution >= 4 is 17.9 Å². The summed E-state index contributed by atoms with van der Waals surface area (Å²) in [6.07, 6.45) is -2.89. The first kappa shape index (κ1) is 34.4. The average molecular weight is 603 g/mol. The summed E-state index contributed by atoms with van der Waals surface area (Å²) >= 11 is 0. The van der Waals surface area contributed by atoms with E-state index >= 15 is 0 Å². The third-order valence-electron chi connectivity index (χ3n) is 8.33. The van der Waals surface area contributed by atoms with E-state index in [2.05, 4.69) is 20.4 Å². The standard InChI is InChI=1S/C33H46O10/c1-7-19(2)17-20(3)13-14-25(35)41-30-28-26(36)29(32(38)39)43-33(42-28,31(30)37)16-15-21(4)27(40-23(6)34)22(5)18-24-11-9-8-10-12-24/h8-14,19-20,22,26-31,36-37H,4,7,15-18H2,1-3,5-6H3,(H,38,39)/b14-13+/t19-,20+,22+,26+,27+,28-,29-,30-,31+,33+/m0/s1. The summed E-state index contributed by atoms with van der Waals surface area (Å²) in [5, 5.41) is 31.8. The van der Waals surface area contributed by atoms with Crippen LogP contribution in [-0.4, -0.2) is 75.6 Å². The number of allylic oxidation sites excluding steroid dienone is 1. The molecule has 0 aliphatic carbocycles. The van der Waals surface area contributed by atoms with Crippen LogP contribution in [-0.2, 0) is 39.8 Å². The fraction of sp³-hybridized carbons (Fsp3) is 0.606. The SMILES string of the molecule is C=C(CC[C@@]12O[C@@H]([C@@H](O)[C@@H](C(=O)O)O1)[C@H](OC(=O)/C=C/[C@@H](C)C[C@@H](C)CC)[C@H]2O)[C@@H](OC(C)=O)[C@H](C)Cc1ccccc1. The maximum Gasteiger partial charge on any atom is 0.335 e. The normalized spacial score (nSPS) is 29.4. The predicted molar refractivity (Wildman–Crippen MR) is 158 cm³/mol. The molecule has 3 rings (SSSR count). The second-order valence-electron chi connectivity index (χ2n) is 12.0. The molecule has 10 nitrogen and oxygen atoms in total. The first-order valence-electron chi connectivity index (χ1n) is 15.0. The predicted octanol–water partition coefficient (Wildman–Crippen LogP) is 3.97. The van der Waals surface area contributed by atoms with Gasteiger partial charge in [0.25, 0.3) is 0 Å². The van der Waals surface area contributed by atoms with Crippen LogP contribution >= 0.6 is 0 Å². The number of carboxylic acids is 1. The Morgan fingerprint density at radius 2 is 1.79 bits per heavy atom. The molecule has 2 saturated heterocycles. The Balaban J connectivity index is 1.76. The van der Waals surface area contributed by atoms with Crippen LogP contribution in [0.1, 0.15) is 65.9 Å². The molecule has 1 aromatic carbocycles. The number of hydrogen-bond donors (Lipinski definition) is 3. The van der Waals surface area contributed by atoms with E-state index in [0.29, 0.717) is 17.9 Å². The number of carbonyl (C=O) groups excluding carboxylic acids is 2. The van der Waals surface area contributed by atoms with Gasteiger partial charge in [0.15, 0.2) is 18.0 Å². The van der Waals surface area contributed by atoms with Crippen molar-refractivity contribution in [2.45, 2.75) is 109 Å². The minimum Gasteiger partial charge on any atom is -0.479 e. The molecule has 0 spiro atoms. The molecule has 0 radical (unpaired) electrons. The average Bonchev–Trinajstić information content (AvgIpc) is 3.18. The Morgan fingerprint density at radius 1 is 1.12 bits per heavy atom. The summed E-state index contributed by atoms with van der Waals surface area (Å²) in [6, 6.07) is 9.71. The van der Waals surface area contributed by atoms with Crippen molar-refractivity contribution in [1.82, 2.24) is 0 Å². The zero-order valence-electron chi connectivity index (χ0n) is 25.7. The van der Waals surface area contributed by atoms with Crippen molar-refractivity contribution in [3.63, 3.8) is 0 Å². The molecule has 238 valence electrons. The summed E-state index contributed by atoms with van der Waals surface area (Å²) in [5.41, 5.74) is 1.57. The molecule has 2 heterocycles. The smallest absolute Gasteiger partial charge is 0.335 e. The summed E-state index contributed by atoms with van der Waals surface area (Å²) in [6.45, 7) is 13.6. The summed E-state index contributed by atoms with van der Waals surface area (Å²) in [4.78, 5) is 36.7. The number of benzene rings is 1. The lowest BCUT2D eigenvalue weighted by Crippen LogP contribution is -2.56. The Labute approximate surface area is 253 Å². The van der Waals surface area contributed by atoms with Gasteiger partial charge in [-0.25, -0.2) is 9.59 Å². The van der Waals surface area contributed by atoms with Crippen LogP contribution in [0.3, 0.4) is 0 Å². The lowest BCUT2D eigenvalue weighted by atomic mass is 9.88. The minimum absolute atomic E-state index is 0.0916. The van der Waals surface area contributed by atoms with Crippen LogP contribution in [0.2, 0.25) is 0 Å². The van der Waals surface area contributed by atoms with E-state index in [-0.39, 0.29) is 24.7 Å². The number of carboxylic acid groups (broad SMARTS) is 1. The third-order valence-corrected chi connectivity index (χ3v) is 8.33. The highest BCUT2D eigenvalue weighted by Crippen LogP contribution is 2.45. The molecule has 0 aromatic heterocycles. The summed E-state index contributed by atoms with van der Waals surface area (Å²) in [7, 11) is 0. The summed E-state index contributed by atoms with van der Waals surface area (Å²) in [5.74, 6) is -4.14. The first-order valence-corrected chi connectivity index (χ1v) is 15.0. The first-order chi connectivity index (χ1) is 20.3. The maximum atomic E-state index is 12.7. The third kappa shape index (κ3) is 8.75. The van der Waals surface area contributed by atoms with Crippen LogP contribution < -0.4 is 0 Å². The number of carbonyl (C=O) groups is 3. The fourth-order valence-electron chi connectivity index (χ4n) is 5.86. The van der Waals surface area contributed by atoms with Crippen molar-refractivity contribution in [3.05, 3.63) is 60.2 Å².